The molecule has 0 rings (SSSR count). The van der Waals surface area contributed by atoms with Gasteiger partial charge in [0.15, 0.2) is 0 Å². The van der Waals surface area contributed by atoms with E-state index in [2.05, 4.69) is 20.8 Å². The highest BCUT2D eigenvalue weighted by atomic mass is 16.1. The molecule has 17 heavy (non-hydrogen) atoms. The van der Waals surface area contributed by atoms with Crippen LogP contribution in [0.5, 0.6) is 0 Å². The molecule has 0 heterocycles. The molecule has 0 spiro atoms. The molecule has 0 aliphatic carbocycles. The monoisotopic (exact) mass is 240 g/mol. The summed E-state index contributed by atoms with van der Waals surface area (Å²) in [4.78, 5) is 10.5. The highest BCUT2D eigenvalue weighted by molar-refractivity contribution is 5.52. The number of rotatable bonds is 11. The summed E-state index contributed by atoms with van der Waals surface area (Å²) in [6, 6.07) is 0. The SMILES string of the molecule is CCC[C@H](C)CCC[C@H](C)CCC[C@@H](C)C=O. The third-order valence-electron chi connectivity index (χ3n) is 3.76. The van der Waals surface area contributed by atoms with Gasteiger partial charge in [-0.05, 0) is 18.3 Å². The minimum absolute atomic E-state index is 0.256. The molecule has 0 aliphatic heterocycles. The minimum atomic E-state index is 0.256. The van der Waals surface area contributed by atoms with E-state index in [1.165, 1.54) is 44.9 Å². The Hall–Kier alpha value is -0.330. The Kier molecular flexibility index (Phi) is 10.6. The highest BCUT2D eigenvalue weighted by Crippen LogP contribution is 2.20. The van der Waals surface area contributed by atoms with Gasteiger partial charge in [0.05, 0.1) is 0 Å². The second-order valence-corrected chi connectivity index (χ2v) is 5.97. The zero-order valence-electron chi connectivity index (χ0n) is 12.4. The maximum atomic E-state index is 10.5. The first-order valence-electron chi connectivity index (χ1n) is 7.55. The molecule has 3 atom stereocenters. The molecule has 0 aromatic carbocycles. The fraction of sp³-hybridized carbons (Fsp3) is 0.938. The second-order valence-electron chi connectivity index (χ2n) is 5.97. The van der Waals surface area contributed by atoms with Crippen molar-refractivity contribution in [2.75, 3.05) is 0 Å². The van der Waals surface area contributed by atoms with Crippen LogP contribution in [0, 0.1) is 17.8 Å². The molecule has 0 fully saturated rings. The number of hydrogen-bond donors (Lipinski definition) is 0. The van der Waals surface area contributed by atoms with Gasteiger partial charge in [0.25, 0.3) is 0 Å². The van der Waals surface area contributed by atoms with E-state index in [-0.39, 0.29) is 5.92 Å². The predicted octanol–water partition coefficient (Wildman–Crippen LogP) is 5.23. The summed E-state index contributed by atoms with van der Waals surface area (Å²) in [7, 11) is 0. The second kappa shape index (κ2) is 10.8. The van der Waals surface area contributed by atoms with Gasteiger partial charge >= 0.3 is 0 Å². The maximum absolute atomic E-state index is 10.5. The molecular weight excluding hydrogens is 208 g/mol. The third kappa shape index (κ3) is 10.5. The van der Waals surface area contributed by atoms with Crippen LogP contribution in [0.1, 0.15) is 79.1 Å². The third-order valence-corrected chi connectivity index (χ3v) is 3.76. The molecule has 0 bridgehead atoms. The molecule has 0 saturated heterocycles. The molecule has 0 radical (unpaired) electrons. The fourth-order valence-electron chi connectivity index (χ4n) is 2.45. The zero-order chi connectivity index (χ0) is 13.1. The number of hydrogen-bond acceptors (Lipinski definition) is 1. The van der Waals surface area contributed by atoms with Crippen LogP contribution < -0.4 is 0 Å². The molecule has 0 aliphatic rings. The average molecular weight is 240 g/mol. The predicted molar refractivity (Wildman–Crippen MR) is 76.2 cm³/mol. The van der Waals surface area contributed by atoms with Crippen molar-refractivity contribution in [1.82, 2.24) is 0 Å². The van der Waals surface area contributed by atoms with Crippen LogP contribution in [0.2, 0.25) is 0 Å². The lowest BCUT2D eigenvalue weighted by atomic mass is 9.92. The summed E-state index contributed by atoms with van der Waals surface area (Å²) >= 11 is 0. The summed E-state index contributed by atoms with van der Waals surface area (Å²) in [6.45, 7) is 9.02. The Morgan fingerprint density at radius 1 is 0.824 bits per heavy atom. The standard InChI is InChI=1S/C16H32O/c1-5-8-14(2)9-6-10-15(3)11-7-12-16(4)13-17/h13-16H,5-12H2,1-4H3/t14-,15-,16+/m0/s1. The molecule has 1 nitrogen and oxygen atoms in total. The Bertz CT molecular complexity index is 176. The van der Waals surface area contributed by atoms with Gasteiger partial charge in [0.1, 0.15) is 6.29 Å². The van der Waals surface area contributed by atoms with E-state index in [1.807, 2.05) is 6.92 Å². The molecule has 1 heteroatoms. The number of aldehydes is 1. The molecule has 0 unspecified atom stereocenters. The van der Waals surface area contributed by atoms with Gasteiger partial charge in [-0.1, -0.05) is 72.6 Å². The number of carbonyl (C=O) groups excluding carboxylic acids is 1. The van der Waals surface area contributed by atoms with Crippen LogP contribution in [0.25, 0.3) is 0 Å². The van der Waals surface area contributed by atoms with E-state index in [1.54, 1.807) is 0 Å². The van der Waals surface area contributed by atoms with Crippen LogP contribution >= 0.6 is 0 Å². The molecule has 0 aromatic heterocycles. The van der Waals surface area contributed by atoms with Gasteiger partial charge in [-0.15, -0.1) is 0 Å². The molecule has 102 valence electrons. The van der Waals surface area contributed by atoms with Crippen LogP contribution in [0.3, 0.4) is 0 Å². The minimum Gasteiger partial charge on any atom is -0.303 e. The normalized spacial score (nSPS) is 16.5. The largest absolute Gasteiger partial charge is 0.303 e. The molecule has 0 N–H and O–H groups in total. The van der Waals surface area contributed by atoms with Gasteiger partial charge in [-0.2, -0.15) is 0 Å². The molecule has 0 amide bonds. The summed E-state index contributed by atoms with van der Waals surface area (Å²) < 4.78 is 0. The van der Waals surface area contributed by atoms with Crippen LogP contribution in [0.15, 0.2) is 0 Å². The van der Waals surface area contributed by atoms with Gasteiger partial charge in [-0.3, -0.25) is 0 Å². The van der Waals surface area contributed by atoms with Crippen molar-refractivity contribution in [2.45, 2.75) is 79.1 Å². The molecule has 0 saturated carbocycles. The van der Waals surface area contributed by atoms with Crippen LogP contribution in [-0.2, 0) is 4.79 Å². The van der Waals surface area contributed by atoms with E-state index in [4.69, 9.17) is 0 Å². The van der Waals surface area contributed by atoms with Gasteiger partial charge in [0.2, 0.25) is 0 Å². The average Bonchev–Trinajstić information content (AvgIpc) is 2.29. The molecule has 0 aromatic rings. The van der Waals surface area contributed by atoms with Gasteiger partial charge in [0, 0.05) is 5.92 Å². The van der Waals surface area contributed by atoms with Crippen molar-refractivity contribution < 1.29 is 4.79 Å². The quantitative estimate of drug-likeness (QED) is 0.452. The van der Waals surface area contributed by atoms with Crippen molar-refractivity contribution >= 4 is 6.29 Å². The Morgan fingerprint density at radius 2 is 1.29 bits per heavy atom. The van der Waals surface area contributed by atoms with E-state index in [0.717, 1.165) is 24.5 Å². The van der Waals surface area contributed by atoms with E-state index < -0.39 is 0 Å². The smallest absolute Gasteiger partial charge is 0.122 e. The van der Waals surface area contributed by atoms with Gasteiger partial charge < -0.3 is 4.79 Å². The van der Waals surface area contributed by atoms with E-state index >= 15 is 0 Å². The van der Waals surface area contributed by atoms with Crippen LogP contribution in [-0.4, -0.2) is 6.29 Å². The lowest BCUT2D eigenvalue weighted by molar-refractivity contribution is -0.110. The van der Waals surface area contributed by atoms with Crippen molar-refractivity contribution in [1.29, 1.82) is 0 Å². The van der Waals surface area contributed by atoms with Gasteiger partial charge in [-0.25, -0.2) is 0 Å². The Balaban J connectivity index is 3.40. The highest BCUT2D eigenvalue weighted by Gasteiger charge is 2.06. The van der Waals surface area contributed by atoms with Crippen LogP contribution in [0.4, 0.5) is 0 Å². The first kappa shape index (κ1) is 16.7. The lowest BCUT2D eigenvalue weighted by Gasteiger charge is -2.14. The van der Waals surface area contributed by atoms with Crippen molar-refractivity contribution in [3.63, 3.8) is 0 Å². The van der Waals surface area contributed by atoms with E-state index in [0.29, 0.717) is 0 Å². The summed E-state index contributed by atoms with van der Waals surface area (Å²) in [5.41, 5.74) is 0. The number of carbonyl (C=O) groups is 1. The lowest BCUT2D eigenvalue weighted by Crippen LogP contribution is -2.01. The Morgan fingerprint density at radius 3 is 1.76 bits per heavy atom. The van der Waals surface area contributed by atoms with Crippen molar-refractivity contribution in [2.24, 2.45) is 17.8 Å². The zero-order valence-corrected chi connectivity index (χ0v) is 12.4. The summed E-state index contributed by atoms with van der Waals surface area (Å²) in [6.07, 6.45) is 11.5. The first-order valence-corrected chi connectivity index (χ1v) is 7.55. The van der Waals surface area contributed by atoms with Crippen molar-refractivity contribution in [3.8, 4) is 0 Å². The van der Waals surface area contributed by atoms with E-state index in [9.17, 15) is 4.79 Å². The summed E-state index contributed by atoms with van der Waals surface area (Å²) in [5.74, 6) is 2.00. The first-order chi connectivity index (χ1) is 8.10. The summed E-state index contributed by atoms with van der Waals surface area (Å²) in [5, 5.41) is 0. The fourth-order valence-corrected chi connectivity index (χ4v) is 2.45. The van der Waals surface area contributed by atoms with Crippen molar-refractivity contribution in [3.05, 3.63) is 0 Å². The molecular formula is C16H32O. The topological polar surface area (TPSA) is 17.1 Å². The Labute approximate surface area is 108 Å². The maximum Gasteiger partial charge on any atom is 0.122 e.